The van der Waals surface area contributed by atoms with E-state index in [4.69, 9.17) is 15.8 Å². The van der Waals surface area contributed by atoms with E-state index in [1.165, 1.54) is 36.4 Å². The highest BCUT2D eigenvalue weighted by Crippen LogP contribution is 2.30. The Hall–Kier alpha value is -3.12. The number of carbonyl (C=O) groups excluding carboxylic acids is 1. The zero-order valence-corrected chi connectivity index (χ0v) is 18.9. The van der Waals surface area contributed by atoms with Gasteiger partial charge in [0.15, 0.2) is 5.75 Å². The van der Waals surface area contributed by atoms with Gasteiger partial charge in [0.25, 0.3) is 5.91 Å². The molecule has 0 atom stereocenters. The van der Waals surface area contributed by atoms with E-state index in [1.54, 1.807) is 42.5 Å². The van der Waals surface area contributed by atoms with Gasteiger partial charge in [0.1, 0.15) is 16.5 Å². The Morgan fingerprint density at radius 2 is 1.74 bits per heavy atom. The summed E-state index contributed by atoms with van der Waals surface area (Å²) in [6, 6.07) is 20.7. The van der Waals surface area contributed by atoms with Crippen molar-refractivity contribution in [1.29, 1.82) is 5.26 Å². The van der Waals surface area contributed by atoms with Gasteiger partial charge < -0.3 is 9.50 Å². The highest BCUT2D eigenvalue weighted by molar-refractivity contribution is 9.10. The van der Waals surface area contributed by atoms with Crippen molar-refractivity contribution < 1.29 is 17.4 Å². The molecule has 0 aromatic heterocycles. The van der Waals surface area contributed by atoms with Crippen LogP contribution in [0.5, 0.6) is 5.75 Å². The molecule has 0 spiro atoms. The number of hydrogen-bond acceptors (Lipinski definition) is 5. The summed E-state index contributed by atoms with van der Waals surface area (Å²) in [5.41, 5.74) is 0.714. The SMILES string of the molecule is N#C/C(=C\c1ccc(OS(=O)(=O)c2ccccc2)c(Br)c1)C(=O)Nc1ccccc1Cl. The van der Waals surface area contributed by atoms with E-state index in [0.29, 0.717) is 20.7 Å². The predicted molar refractivity (Wildman–Crippen MR) is 122 cm³/mol. The molecule has 3 aromatic rings. The van der Waals surface area contributed by atoms with Crippen molar-refractivity contribution in [2.75, 3.05) is 5.32 Å². The lowest BCUT2D eigenvalue weighted by Crippen LogP contribution is -2.13. The van der Waals surface area contributed by atoms with E-state index in [9.17, 15) is 18.5 Å². The second kappa shape index (κ2) is 9.79. The number of carbonyl (C=O) groups is 1. The van der Waals surface area contributed by atoms with Gasteiger partial charge in [-0.15, -0.1) is 0 Å². The molecule has 0 saturated carbocycles. The number of para-hydroxylation sites is 1. The number of halogens is 2. The van der Waals surface area contributed by atoms with Crippen LogP contribution < -0.4 is 9.50 Å². The lowest BCUT2D eigenvalue weighted by atomic mass is 10.1. The molecular formula is C22H14BrClN2O4S. The van der Waals surface area contributed by atoms with E-state index in [0.717, 1.165) is 0 Å². The van der Waals surface area contributed by atoms with Crippen LogP contribution in [0.25, 0.3) is 6.08 Å². The van der Waals surface area contributed by atoms with Crippen LogP contribution in [-0.2, 0) is 14.9 Å². The quantitative estimate of drug-likeness (QED) is 0.268. The fraction of sp³-hybridized carbons (Fsp3) is 0. The van der Waals surface area contributed by atoms with Crippen molar-refractivity contribution in [2.24, 2.45) is 0 Å². The molecule has 31 heavy (non-hydrogen) atoms. The number of nitriles is 1. The minimum absolute atomic E-state index is 0.0221. The summed E-state index contributed by atoms with van der Waals surface area (Å²) in [4.78, 5) is 12.4. The van der Waals surface area contributed by atoms with Crippen LogP contribution in [0.1, 0.15) is 5.56 Å². The molecule has 0 aliphatic heterocycles. The molecule has 1 N–H and O–H groups in total. The predicted octanol–water partition coefficient (Wildman–Crippen LogP) is 5.42. The summed E-state index contributed by atoms with van der Waals surface area (Å²) in [6.45, 7) is 0. The summed E-state index contributed by atoms with van der Waals surface area (Å²) < 4.78 is 30.3. The van der Waals surface area contributed by atoms with E-state index < -0.39 is 16.0 Å². The summed E-state index contributed by atoms with van der Waals surface area (Å²) in [5.74, 6) is -0.557. The van der Waals surface area contributed by atoms with Crippen molar-refractivity contribution in [3.8, 4) is 11.8 Å². The third-order valence-corrected chi connectivity index (χ3v) is 6.18. The van der Waals surface area contributed by atoms with Gasteiger partial charge in [-0.3, -0.25) is 4.79 Å². The minimum Gasteiger partial charge on any atom is -0.378 e. The smallest absolute Gasteiger partial charge is 0.339 e. The molecule has 0 aliphatic carbocycles. The Kier molecular flexibility index (Phi) is 7.13. The van der Waals surface area contributed by atoms with Gasteiger partial charge >= 0.3 is 10.1 Å². The molecule has 0 aliphatic rings. The van der Waals surface area contributed by atoms with Gasteiger partial charge in [-0.05, 0) is 64.0 Å². The molecular weight excluding hydrogens is 504 g/mol. The molecule has 0 heterocycles. The van der Waals surface area contributed by atoms with Crippen LogP contribution in [0.4, 0.5) is 5.69 Å². The average Bonchev–Trinajstić information content (AvgIpc) is 2.76. The number of nitrogens with one attached hydrogen (secondary N) is 1. The molecule has 9 heteroatoms. The summed E-state index contributed by atoms with van der Waals surface area (Å²) in [5, 5.41) is 12.3. The summed E-state index contributed by atoms with van der Waals surface area (Å²) in [7, 11) is -4.00. The highest BCUT2D eigenvalue weighted by atomic mass is 79.9. The molecule has 3 rings (SSSR count). The Bertz CT molecular complexity index is 1300. The topological polar surface area (TPSA) is 96.3 Å². The first kappa shape index (κ1) is 22.6. The molecule has 0 saturated heterocycles. The van der Waals surface area contributed by atoms with E-state index in [-0.39, 0.29) is 16.2 Å². The Morgan fingerprint density at radius 3 is 2.39 bits per heavy atom. The molecule has 0 bridgehead atoms. The number of anilines is 1. The average molecular weight is 518 g/mol. The first-order chi connectivity index (χ1) is 14.8. The Morgan fingerprint density at radius 1 is 1.06 bits per heavy atom. The van der Waals surface area contributed by atoms with Gasteiger partial charge in [0.05, 0.1) is 15.2 Å². The lowest BCUT2D eigenvalue weighted by Gasteiger charge is -2.09. The van der Waals surface area contributed by atoms with Crippen molar-refractivity contribution in [3.05, 3.63) is 93.4 Å². The van der Waals surface area contributed by atoms with E-state index in [1.807, 2.05) is 6.07 Å². The van der Waals surface area contributed by atoms with Crippen LogP contribution >= 0.6 is 27.5 Å². The molecule has 156 valence electrons. The third-order valence-electron chi connectivity index (χ3n) is 3.99. The van der Waals surface area contributed by atoms with Crippen LogP contribution in [0.2, 0.25) is 5.02 Å². The maximum atomic E-state index is 12.4. The van der Waals surface area contributed by atoms with Gasteiger partial charge in [0.2, 0.25) is 0 Å². The molecule has 3 aromatic carbocycles. The lowest BCUT2D eigenvalue weighted by molar-refractivity contribution is -0.112. The largest absolute Gasteiger partial charge is 0.378 e. The monoisotopic (exact) mass is 516 g/mol. The van der Waals surface area contributed by atoms with Gasteiger partial charge in [0, 0.05) is 0 Å². The maximum Gasteiger partial charge on any atom is 0.339 e. The first-order valence-corrected chi connectivity index (χ1v) is 11.3. The normalized spacial score (nSPS) is 11.5. The second-order valence-corrected chi connectivity index (χ2v) is 8.95. The van der Waals surface area contributed by atoms with Gasteiger partial charge in [-0.1, -0.05) is 48.0 Å². The number of rotatable bonds is 6. The van der Waals surface area contributed by atoms with Crippen molar-refractivity contribution in [3.63, 3.8) is 0 Å². The molecule has 0 fully saturated rings. The Labute approximate surface area is 193 Å². The van der Waals surface area contributed by atoms with Crippen molar-refractivity contribution in [2.45, 2.75) is 4.90 Å². The summed E-state index contributed by atoms with van der Waals surface area (Å²) in [6.07, 6.45) is 1.37. The minimum atomic E-state index is -4.00. The van der Waals surface area contributed by atoms with E-state index in [2.05, 4.69) is 21.2 Å². The van der Waals surface area contributed by atoms with Crippen LogP contribution in [0.15, 0.2) is 87.7 Å². The maximum absolute atomic E-state index is 12.4. The van der Waals surface area contributed by atoms with Gasteiger partial charge in [-0.2, -0.15) is 13.7 Å². The van der Waals surface area contributed by atoms with Crippen LogP contribution in [0, 0.1) is 11.3 Å². The molecule has 1 amide bonds. The third kappa shape index (κ3) is 5.73. The molecule has 0 radical (unpaired) electrons. The standard InChI is InChI=1S/C22H14BrClN2O4S/c23-18-13-15(10-11-21(18)30-31(28,29)17-6-2-1-3-7-17)12-16(14-25)22(27)26-20-9-5-4-8-19(20)24/h1-13H,(H,26,27)/b16-12+. The van der Waals surface area contributed by atoms with Crippen molar-refractivity contribution in [1.82, 2.24) is 0 Å². The second-order valence-electron chi connectivity index (χ2n) is 6.14. The van der Waals surface area contributed by atoms with Crippen molar-refractivity contribution >= 4 is 55.3 Å². The highest BCUT2D eigenvalue weighted by Gasteiger charge is 2.18. The zero-order valence-electron chi connectivity index (χ0n) is 15.7. The number of nitrogens with zero attached hydrogens (tertiary/aromatic N) is 1. The number of amides is 1. The Balaban J connectivity index is 1.81. The fourth-order valence-corrected chi connectivity index (χ4v) is 4.23. The summed E-state index contributed by atoms with van der Waals surface area (Å²) >= 11 is 9.29. The number of benzene rings is 3. The zero-order chi connectivity index (χ0) is 22.4. The first-order valence-electron chi connectivity index (χ1n) is 8.77. The fourth-order valence-electron chi connectivity index (χ4n) is 2.50. The van der Waals surface area contributed by atoms with Gasteiger partial charge in [-0.25, -0.2) is 0 Å². The van der Waals surface area contributed by atoms with Crippen LogP contribution in [0.3, 0.4) is 0 Å². The van der Waals surface area contributed by atoms with Crippen LogP contribution in [-0.4, -0.2) is 14.3 Å². The molecule has 0 unspecified atom stereocenters. The number of hydrogen-bond donors (Lipinski definition) is 1. The van der Waals surface area contributed by atoms with E-state index >= 15 is 0 Å². The molecule has 6 nitrogen and oxygen atoms in total.